The van der Waals surface area contributed by atoms with E-state index >= 15 is 0 Å². The van der Waals surface area contributed by atoms with E-state index in [1.165, 1.54) is 0 Å². The van der Waals surface area contributed by atoms with Crippen molar-refractivity contribution >= 4 is 42.4 Å². The second kappa shape index (κ2) is 8.86. The number of nitrogens with one attached hydrogen (secondary N) is 1. The van der Waals surface area contributed by atoms with Crippen LogP contribution in [-0.2, 0) is 11.3 Å². The molecular weight excluding hydrogens is 383 g/mol. The van der Waals surface area contributed by atoms with Crippen molar-refractivity contribution in [1.82, 2.24) is 24.5 Å². The number of pyridine rings is 1. The zero-order chi connectivity index (χ0) is 20.2. The Labute approximate surface area is 175 Å². The van der Waals surface area contributed by atoms with Crippen molar-refractivity contribution in [3.63, 3.8) is 0 Å². The SMILES string of the molecule is Bc1cnn2c(NCc3cccnc3)cc(C3CCN(C(=O)CSC)CC3)nc12. The fraction of sp³-hybridized carbons (Fsp3) is 0.400. The van der Waals surface area contributed by atoms with Crippen molar-refractivity contribution in [2.75, 3.05) is 30.4 Å². The first-order chi connectivity index (χ1) is 14.2. The highest BCUT2D eigenvalue weighted by Crippen LogP contribution is 2.29. The number of fused-ring (bicyclic) bond motifs is 1. The number of carbonyl (C=O) groups excluding carboxylic acids is 1. The molecule has 0 aromatic carbocycles. The number of nitrogens with zero attached hydrogens (tertiary/aromatic N) is 5. The van der Waals surface area contributed by atoms with E-state index in [0.717, 1.165) is 54.1 Å². The summed E-state index contributed by atoms with van der Waals surface area (Å²) >= 11 is 1.58. The van der Waals surface area contributed by atoms with Crippen LogP contribution >= 0.6 is 11.8 Å². The summed E-state index contributed by atoms with van der Waals surface area (Å²) in [6.45, 7) is 2.27. The van der Waals surface area contributed by atoms with Crippen LogP contribution in [0.4, 0.5) is 5.82 Å². The van der Waals surface area contributed by atoms with E-state index in [-0.39, 0.29) is 5.91 Å². The molecule has 4 rings (SSSR count). The van der Waals surface area contributed by atoms with Crippen molar-refractivity contribution < 1.29 is 4.79 Å². The van der Waals surface area contributed by atoms with E-state index in [0.29, 0.717) is 18.2 Å². The average Bonchev–Trinajstić information content (AvgIpc) is 3.14. The van der Waals surface area contributed by atoms with Gasteiger partial charge in [-0.2, -0.15) is 21.4 Å². The quantitative estimate of drug-likeness (QED) is 0.615. The molecule has 3 aromatic heterocycles. The highest BCUT2D eigenvalue weighted by atomic mass is 32.2. The lowest BCUT2D eigenvalue weighted by Crippen LogP contribution is -2.39. The Morgan fingerprint density at radius 1 is 1.34 bits per heavy atom. The summed E-state index contributed by atoms with van der Waals surface area (Å²) in [6, 6.07) is 6.10. The smallest absolute Gasteiger partial charge is 0.232 e. The zero-order valence-electron chi connectivity index (χ0n) is 16.8. The number of piperidine rings is 1. The maximum Gasteiger partial charge on any atom is 0.232 e. The van der Waals surface area contributed by atoms with E-state index in [1.54, 1.807) is 18.0 Å². The average molecular weight is 408 g/mol. The molecule has 1 aliphatic rings. The van der Waals surface area contributed by atoms with Crippen molar-refractivity contribution in [3.05, 3.63) is 48.0 Å². The van der Waals surface area contributed by atoms with Gasteiger partial charge in [-0.15, -0.1) is 0 Å². The fourth-order valence-electron chi connectivity index (χ4n) is 3.76. The molecule has 0 spiro atoms. The molecule has 29 heavy (non-hydrogen) atoms. The number of thioether (sulfide) groups is 1. The first kappa shape index (κ1) is 19.8. The number of aromatic nitrogens is 4. The molecule has 0 saturated carbocycles. The summed E-state index contributed by atoms with van der Waals surface area (Å²) in [5.74, 6) is 2.09. The predicted molar refractivity (Wildman–Crippen MR) is 120 cm³/mol. The summed E-state index contributed by atoms with van der Waals surface area (Å²) in [6.07, 6.45) is 9.35. The molecule has 1 fully saturated rings. The molecule has 0 aliphatic carbocycles. The van der Waals surface area contributed by atoms with Crippen molar-refractivity contribution in [3.8, 4) is 0 Å². The van der Waals surface area contributed by atoms with Crippen molar-refractivity contribution in [2.45, 2.75) is 25.3 Å². The molecule has 9 heteroatoms. The number of hydrogen-bond donors (Lipinski definition) is 1. The Hall–Kier alpha value is -2.55. The first-order valence-corrected chi connectivity index (χ1v) is 11.3. The van der Waals surface area contributed by atoms with Gasteiger partial charge in [0, 0.05) is 55.9 Å². The summed E-state index contributed by atoms with van der Waals surface area (Å²) in [4.78, 5) is 23.2. The third-order valence-electron chi connectivity index (χ3n) is 5.40. The van der Waals surface area contributed by atoms with Crippen LogP contribution in [0.25, 0.3) is 5.65 Å². The minimum atomic E-state index is 0.241. The van der Waals surface area contributed by atoms with E-state index in [9.17, 15) is 4.79 Å². The van der Waals surface area contributed by atoms with Crippen LogP contribution in [0, 0.1) is 0 Å². The van der Waals surface area contributed by atoms with Crippen LogP contribution in [-0.4, -0.2) is 63.3 Å². The number of rotatable bonds is 6. The van der Waals surface area contributed by atoms with Gasteiger partial charge in [0.05, 0.1) is 5.75 Å². The minimum Gasteiger partial charge on any atom is -0.366 e. The topological polar surface area (TPSA) is 75.4 Å². The van der Waals surface area contributed by atoms with Crippen LogP contribution in [0.5, 0.6) is 0 Å². The molecule has 0 radical (unpaired) electrons. The highest BCUT2D eigenvalue weighted by molar-refractivity contribution is 7.99. The number of amides is 1. The number of likely N-dealkylation sites (tertiary alicyclic amines) is 1. The highest BCUT2D eigenvalue weighted by Gasteiger charge is 2.25. The number of carbonyl (C=O) groups is 1. The monoisotopic (exact) mass is 408 g/mol. The first-order valence-electron chi connectivity index (χ1n) is 9.90. The lowest BCUT2D eigenvalue weighted by molar-refractivity contribution is -0.129. The van der Waals surface area contributed by atoms with Crippen LogP contribution in [0.1, 0.15) is 30.0 Å². The second-order valence-electron chi connectivity index (χ2n) is 7.43. The molecular formula is C20H25BN6OS. The summed E-state index contributed by atoms with van der Waals surface area (Å²) < 4.78 is 1.87. The van der Waals surface area contributed by atoms with Crippen molar-refractivity contribution in [2.24, 2.45) is 0 Å². The van der Waals surface area contributed by atoms with Crippen LogP contribution in [0.3, 0.4) is 0 Å². The maximum absolute atomic E-state index is 12.2. The molecule has 0 atom stereocenters. The van der Waals surface area contributed by atoms with E-state index in [4.69, 9.17) is 4.98 Å². The standard InChI is InChI=1S/C20H25BN6OS/c1-29-13-19(28)26-7-4-15(5-8-26)17-9-18(23-11-14-3-2-6-22-10-14)27-20(25-17)16(21)12-24-27/h2-3,6,9-10,12,15,23H,4-5,7-8,11,13,21H2,1H3. The van der Waals surface area contributed by atoms with Gasteiger partial charge in [0.15, 0.2) is 5.65 Å². The largest absolute Gasteiger partial charge is 0.366 e. The Kier molecular flexibility index (Phi) is 6.04. The van der Waals surface area contributed by atoms with Gasteiger partial charge in [0.1, 0.15) is 13.7 Å². The molecule has 3 aromatic rings. The maximum atomic E-state index is 12.2. The fourth-order valence-corrected chi connectivity index (χ4v) is 4.19. The molecule has 150 valence electrons. The molecule has 0 bridgehead atoms. The predicted octanol–water partition coefficient (Wildman–Crippen LogP) is 1.06. The molecule has 0 unspecified atom stereocenters. The second-order valence-corrected chi connectivity index (χ2v) is 8.30. The Morgan fingerprint density at radius 2 is 2.17 bits per heavy atom. The molecule has 1 amide bonds. The molecule has 1 saturated heterocycles. The molecule has 1 aliphatic heterocycles. The van der Waals surface area contributed by atoms with Crippen LogP contribution < -0.4 is 10.8 Å². The number of hydrogen-bond acceptors (Lipinski definition) is 6. The molecule has 1 N–H and O–H groups in total. The zero-order valence-corrected chi connectivity index (χ0v) is 17.7. The van der Waals surface area contributed by atoms with Gasteiger partial charge in [-0.3, -0.25) is 9.78 Å². The minimum absolute atomic E-state index is 0.241. The van der Waals surface area contributed by atoms with Gasteiger partial charge >= 0.3 is 0 Å². The van der Waals surface area contributed by atoms with Gasteiger partial charge in [0.2, 0.25) is 5.91 Å². The third-order valence-corrected chi connectivity index (χ3v) is 5.93. The van der Waals surface area contributed by atoms with E-state index < -0.39 is 0 Å². The summed E-state index contributed by atoms with van der Waals surface area (Å²) in [5.41, 5.74) is 4.14. The van der Waals surface area contributed by atoms with Crippen LogP contribution in [0.2, 0.25) is 0 Å². The normalized spacial score (nSPS) is 15.0. The number of anilines is 1. The van der Waals surface area contributed by atoms with Gasteiger partial charge in [-0.1, -0.05) is 6.07 Å². The van der Waals surface area contributed by atoms with E-state index in [1.807, 2.05) is 42.0 Å². The van der Waals surface area contributed by atoms with Gasteiger partial charge < -0.3 is 10.2 Å². The Bertz CT molecular complexity index is 987. The van der Waals surface area contributed by atoms with E-state index in [2.05, 4.69) is 27.5 Å². The molecule has 4 heterocycles. The third kappa shape index (κ3) is 4.39. The van der Waals surface area contributed by atoms with Crippen LogP contribution in [0.15, 0.2) is 36.8 Å². The Balaban J connectivity index is 1.54. The lowest BCUT2D eigenvalue weighted by Gasteiger charge is -2.32. The van der Waals surface area contributed by atoms with Gasteiger partial charge in [-0.25, -0.2) is 4.98 Å². The lowest BCUT2D eigenvalue weighted by atomic mass is 9.92. The Morgan fingerprint density at radius 3 is 2.90 bits per heavy atom. The summed E-state index contributed by atoms with van der Waals surface area (Å²) in [7, 11) is 2.04. The molecule has 7 nitrogen and oxygen atoms in total. The summed E-state index contributed by atoms with van der Waals surface area (Å²) in [5, 5.41) is 7.99. The van der Waals surface area contributed by atoms with Gasteiger partial charge in [-0.05, 0) is 36.2 Å². The van der Waals surface area contributed by atoms with Gasteiger partial charge in [0.25, 0.3) is 0 Å². The van der Waals surface area contributed by atoms with Crippen molar-refractivity contribution in [1.29, 1.82) is 0 Å².